The van der Waals surface area contributed by atoms with Gasteiger partial charge < -0.3 is 0 Å². The minimum atomic E-state index is 0.712. The third kappa shape index (κ3) is 5.04. The van der Waals surface area contributed by atoms with Crippen LogP contribution in [0.1, 0.15) is 0 Å². The van der Waals surface area contributed by atoms with Gasteiger partial charge in [-0.15, -0.1) is 0 Å². The number of nitrogens with zero attached hydrogens (tertiary/aromatic N) is 2. The molecular formula is C50H32N2. The van der Waals surface area contributed by atoms with Crippen LogP contribution in [0.3, 0.4) is 0 Å². The van der Waals surface area contributed by atoms with Gasteiger partial charge in [0.05, 0.1) is 11.4 Å². The van der Waals surface area contributed by atoms with Crippen LogP contribution in [0.5, 0.6) is 0 Å². The average Bonchev–Trinajstić information content (AvgIpc) is 3.56. The van der Waals surface area contributed by atoms with E-state index in [1.165, 1.54) is 49.7 Å². The van der Waals surface area contributed by atoms with Crippen LogP contribution in [0.4, 0.5) is 0 Å². The SMILES string of the molecule is c1ccc(-c2nc(-c3ccccc3)c(-c3ccc(-c4ccc(-c5ccc6c7c(cccc57)-c5ccccc5-6)cc4)cc3)c(-c3ccccc3)n2)cc1. The molecule has 0 atom stereocenters. The maximum atomic E-state index is 5.23. The summed E-state index contributed by atoms with van der Waals surface area (Å²) in [6.07, 6.45) is 0. The zero-order chi connectivity index (χ0) is 34.4. The van der Waals surface area contributed by atoms with Gasteiger partial charge >= 0.3 is 0 Å². The molecule has 0 bridgehead atoms. The number of hydrogen-bond donors (Lipinski definition) is 0. The average molecular weight is 661 g/mol. The Labute approximate surface area is 303 Å². The largest absolute Gasteiger partial charge is 0.227 e. The van der Waals surface area contributed by atoms with Crippen molar-refractivity contribution in [2.45, 2.75) is 0 Å². The van der Waals surface area contributed by atoms with E-state index in [1.807, 2.05) is 30.3 Å². The number of rotatable bonds is 6. The summed E-state index contributed by atoms with van der Waals surface area (Å²) in [4.78, 5) is 10.5. The van der Waals surface area contributed by atoms with Crippen LogP contribution in [0.25, 0.3) is 100 Å². The zero-order valence-corrected chi connectivity index (χ0v) is 28.4. The predicted octanol–water partition coefficient (Wildman–Crippen LogP) is 13.3. The standard InChI is InChI=1S/C50H32N2/c1-4-13-37(14-5-1)48-46(49(38-15-6-2-7-16-38)52-50(51-48)39-17-8-3-9-18-39)36-29-25-34(26-30-36)33-23-27-35(28-24-33)40-31-32-45-42-20-11-10-19-41(42)44-22-12-21-43(40)47(44)45/h1-32H. The normalized spacial score (nSPS) is 11.5. The van der Waals surface area contributed by atoms with E-state index < -0.39 is 0 Å². The van der Waals surface area contributed by atoms with Gasteiger partial charge in [0.25, 0.3) is 0 Å². The molecule has 2 heteroatoms. The summed E-state index contributed by atoms with van der Waals surface area (Å²) in [5, 5.41) is 2.65. The van der Waals surface area contributed by atoms with E-state index in [2.05, 4.69) is 164 Å². The van der Waals surface area contributed by atoms with Crippen molar-refractivity contribution in [2.24, 2.45) is 0 Å². The molecule has 0 amide bonds. The molecule has 0 N–H and O–H groups in total. The Morgan fingerprint density at radius 3 is 1.23 bits per heavy atom. The van der Waals surface area contributed by atoms with Gasteiger partial charge in [-0.3, -0.25) is 0 Å². The van der Waals surface area contributed by atoms with Crippen molar-refractivity contribution in [2.75, 3.05) is 0 Å². The summed E-state index contributed by atoms with van der Waals surface area (Å²) in [5.41, 5.74) is 17.1. The van der Waals surface area contributed by atoms with E-state index in [0.717, 1.165) is 44.8 Å². The topological polar surface area (TPSA) is 25.8 Å². The van der Waals surface area contributed by atoms with Crippen molar-refractivity contribution in [3.05, 3.63) is 194 Å². The molecule has 1 aliphatic carbocycles. The van der Waals surface area contributed by atoms with E-state index in [9.17, 15) is 0 Å². The quantitative estimate of drug-likeness (QED) is 0.177. The Kier molecular flexibility index (Phi) is 7.18. The van der Waals surface area contributed by atoms with Gasteiger partial charge in [-0.2, -0.15) is 0 Å². The zero-order valence-electron chi connectivity index (χ0n) is 28.4. The first-order valence-corrected chi connectivity index (χ1v) is 17.8. The first-order chi connectivity index (χ1) is 25.8. The van der Waals surface area contributed by atoms with Gasteiger partial charge in [-0.1, -0.05) is 194 Å². The van der Waals surface area contributed by atoms with Crippen LogP contribution in [0.15, 0.2) is 194 Å². The van der Waals surface area contributed by atoms with E-state index >= 15 is 0 Å². The van der Waals surface area contributed by atoms with Crippen molar-refractivity contribution >= 4 is 10.8 Å². The monoisotopic (exact) mass is 660 g/mol. The maximum Gasteiger partial charge on any atom is 0.160 e. The van der Waals surface area contributed by atoms with Crippen LogP contribution in [-0.2, 0) is 0 Å². The molecule has 0 spiro atoms. The summed E-state index contributed by atoms with van der Waals surface area (Å²) >= 11 is 0. The Balaban J connectivity index is 1.05. The van der Waals surface area contributed by atoms with Gasteiger partial charge in [0.2, 0.25) is 0 Å². The Bertz CT molecular complexity index is 2640. The highest BCUT2D eigenvalue weighted by molar-refractivity contribution is 6.18. The van der Waals surface area contributed by atoms with E-state index in [4.69, 9.17) is 9.97 Å². The van der Waals surface area contributed by atoms with Gasteiger partial charge in [0, 0.05) is 22.3 Å². The van der Waals surface area contributed by atoms with Gasteiger partial charge in [0.15, 0.2) is 5.82 Å². The highest BCUT2D eigenvalue weighted by Gasteiger charge is 2.23. The fraction of sp³-hybridized carbons (Fsp3) is 0. The highest BCUT2D eigenvalue weighted by Crippen LogP contribution is 2.49. The lowest BCUT2D eigenvalue weighted by Gasteiger charge is -2.17. The molecule has 0 saturated carbocycles. The molecule has 2 nitrogen and oxygen atoms in total. The van der Waals surface area contributed by atoms with E-state index in [-0.39, 0.29) is 0 Å². The smallest absolute Gasteiger partial charge is 0.160 e. The second-order valence-electron chi connectivity index (χ2n) is 13.3. The molecule has 0 saturated heterocycles. The number of benzene rings is 8. The summed E-state index contributed by atoms with van der Waals surface area (Å²) < 4.78 is 0. The first kappa shape index (κ1) is 30.0. The van der Waals surface area contributed by atoms with Crippen LogP contribution in [-0.4, -0.2) is 9.97 Å². The number of aromatic nitrogens is 2. The molecular weight excluding hydrogens is 629 g/mol. The van der Waals surface area contributed by atoms with Crippen LogP contribution >= 0.6 is 0 Å². The van der Waals surface area contributed by atoms with Crippen molar-refractivity contribution in [1.29, 1.82) is 0 Å². The molecule has 52 heavy (non-hydrogen) atoms. The molecule has 8 aromatic carbocycles. The van der Waals surface area contributed by atoms with Crippen molar-refractivity contribution in [3.8, 4) is 89.5 Å². The molecule has 0 aliphatic heterocycles. The van der Waals surface area contributed by atoms with E-state index in [1.54, 1.807) is 0 Å². The molecule has 242 valence electrons. The molecule has 1 aliphatic rings. The molecule has 1 aromatic heterocycles. The first-order valence-electron chi connectivity index (χ1n) is 17.8. The van der Waals surface area contributed by atoms with Gasteiger partial charge in [0.1, 0.15) is 0 Å². The second kappa shape index (κ2) is 12.5. The summed E-state index contributed by atoms with van der Waals surface area (Å²) in [5.74, 6) is 0.712. The summed E-state index contributed by atoms with van der Waals surface area (Å²) in [7, 11) is 0. The molecule has 0 unspecified atom stereocenters. The Morgan fingerprint density at radius 2 is 0.673 bits per heavy atom. The van der Waals surface area contributed by atoms with Crippen molar-refractivity contribution < 1.29 is 0 Å². The van der Waals surface area contributed by atoms with Crippen LogP contribution < -0.4 is 0 Å². The lowest BCUT2D eigenvalue weighted by atomic mass is 9.92. The molecule has 0 radical (unpaired) electrons. The number of hydrogen-bond acceptors (Lipinski definition) is 2. The second-order valence-corrected chi connectivity index (χ2v) is 13.3. The molecule has 1 heterocycles. The lowest BCUT2D eigenvalue weighted by Crippen LogP contribution is -2.00. The van der Waals surface area contributed by atoms with Gasteiger partial charge in [-0.25, -0.2) is 9.97 Å². The van der Waals surface area contributed by atoms with E-state index in [0.29, 0.717) is 5.82 Å². The number of fused-ring (bicyclic) bond motifs is 3. The van der Waals surface area contributed by atoms with Crippen molar-refractivity contribution in [3.63, 3.8) is 0 Å². The van der Waals surface area contributed by atoms with Crippen LogP contribution in [0.2, 0.25) is 0 Å². The predicted molar refractivity (Wildman–Crippen MR) is 217 cm³/mol. The molecule has 9 aromatic rings. The van der Waals surface area contributed by atoms with Crippen molar-refractivity contribution in [1.82, 2.24) is 9.97 Å². The third-order valence-corrected chi connectivity index (χ3v) is 10.3. The summed E-state index contributed by atoms with van der Waals surface area (Å²) in [6, 6.07) is 69.0. The van der Waals surface area contributed by atoms with Crippen LogP contribution in [0, 0.1) is 0 Å². The fourth-order valence-corrected chi connectivity index (χ4v) is 7.79. The fourth-order valence-electron chi connectivity index (χ4n) is 7.79. The minimum Gasteiger partial charge on any atom is -0.227 e. The summed E-state index contributed by atoms with van der Waals surface area (Å²) in [6.45, 7) is 0. The van der Waals surface area contributed by atoms with Gasteiger partial charge in [-0.05, 0) is 60.8 Å². The minimum absolute atomic E-state index is 0.712. The Hall–Kier alpha value is -6.90. The Morgan fingerprint density at radius 1 is 0.250 bits per heavy atom. The lowest BCUT2D eigenvalue weighted by molar-refractivity contribution is 1.18. The molecule has 0 fully saturated rings. The third-order valence-electron chi connectivity index (χ3n) is 10.3. The molecule has 10 rings (SSSR count). The highest BCUT2D eigenvalue weighted by atomic mass is 14.9. The maximum absolute atomic E-state index is 5.23.